The molecular weight excluding hydrogens is 230 g/mol. The Kier molecular flexibility index (Phi) is 2.90. The van der Waals surface area contributed by atoms with Gasteiger partial charge >= 0.3 is 0 Å². The number of nitrogens with zero attached hydrogens (tertiary/aromatic N) is 3. The summed E-state index contributed by atoms with van der Waals surface area (Å²) in [7, 11) is 0. The molecule has 0 saturated heterocycles. The summed E-state index contributed by atoms with van der Waals surface area (Å²) in [6.07, 6.45) is 0.713. The van der Waals surface area contributed by atoms with E-state index in [1.807, 2.05) is 20.8 Å². The highest BCUT2D eigenvalue weighted by molar-refractivity contribution is 5.74. The van der Waals surface area contributed by atoms with Crippen molar-refractivity contribution in [3.05, 3.63) is 35.7 Å². The van der Waals surface area contributed by atoms with E-state index in [-0.39, 0.29) is 11.2 Å². The number of benzene rings is 1. The highest BCUT2D eigenvalue weighted by Crippen LogP contribution is 2.26. The van der Waals surface area contributed by atoms with Gasteiger partial charge in [-0.2, -0.15) is 0 Å². The van der Waals surface area contributed by atoms with Crippen LogP contribution in [0.25, 0.3) is 5.69 Å². The average Bonchev–Trinajstić information content (AvgIpc) is 2.73. The summed E-state index contributed by atoms with van der Waals surface area (Å²) < 4.78 is 1.63. The highest BCUT2D eigenvalue weighted by atomic mass is 16.3. The fraction of sp³-hybridized carbons (Fsp3) is 0.308. The molecular formula is C13H15N3O2. The average molecular weight is 245 g/mol. The molecule has 0 saturated carbocycles. The van der Waals surface area contributed by atoms with E-state index in [0.29, 0.717) is 12.0 Å². The Bertz CT molecular complexity index is 565. The highest BCUT2D eigenvalue weighted by Gasteiger charge is 2.25. The number of hydrogen-bond donors (Lipinski definition) is 1. The third-order valence-electron chi connectivity index (χ3n) is 2.61. The quantitative estimate of drug-likeness (QED) is 0.822. The third-order valence-corrected chi connectivity index (χ3v) is 2.61. The number of aldehydes is 1. The molecule has 2 rings (SSSR count). The third kappa shape index (κ3) is 2.11. The molecule has 0 spiro atoms. The van der Waals surface area contributed by atoms with Crippen LogP contribution in [0.1, 0.15) is 37.0 Å². The predicted molar refractivity (Wildman–Crippen MR) is 67.1 cm³/mol. The van der Waals surface area contributed by atoms with Crippen molar-refractivity contribution in [2.24, 2.45) is 0 Å². The number of carbonyl (C=O) groups excluding carboxylic acids is 1. The Hall–Kier alpha value is -2.17. The molecule has 0 amide bonds. The smallest absolute Gasteiger partial charge is 0.172 e. The van der Waals surface area contributed by atoms with Crippen molar-refractivity contribution in [1.82, 2.24) is 15.0 Å². The Morgan fingerprint density at radius 3 is 2.33 bits per heavy atom. The van der Waals surface area contributed by atoms with E-state index in [9.17, 15) is 9.90 Å². The van der Waals surface area contributed by atoms with E-state index in [1.165, 1.54) is 0 Å². The monoisotopic (exact) mass is 245 g/mol. The van der Waals surface area contributed by atoms with Gasteiger partial charge in [0.25, 0.3) is 0 Å². The maximum Gasteiger partial charge on any atom is 0.172 e. The van der Waals surface area contributed by atoms with Crippen LogP contribution in [0.2, 0.25) is 0 Å². The van der Waals surface area contributed by atoms with Crippen LogP contribution in [0.4, 0.5) is 0 Å². The van der Waals surface area contributed by atoms with Gasteiger partial charge in [0.05, 0.1) is 11.4 Å². The normalized spacial score (nSPS) is 11.5. The molecule has 0 radical (unpaired) electrons. The zero-order chi connectivity index (χ0) is 13.3. The maximum atomic E-state index is 11.0. The van der Waals surface area contributed by atoms with Gasteiger partial charge in [-0.25, -0.2) is 4.68 Å². The van der Waals surface area contributed by atoms with Crippen molar-refractivity contribution in [3.8, 4) is 11.4 Å². The van der Waals surface area contributed by atoms with E-state index in [1.54, 1.807) is 28.9 Å². The van der Waals surface area contributed by atoms with Gasteiger partial charge in [-0.15, -0.1) is 5.10 Å². The summed E-state index contributed by atoms with van der Waals surface area (Å²) >= 11 is 0. The summed E-state index contributed by atoms with van der Waals surface area (Å²) in [6, 6.07) is 6.61. The molecule has 1 aromatic heterocycles. The molecule has 0 unspecified atom stereocenters. The van der Waals surface area contributed by atoms with E-state index < -0.39 is 0 Å². The van der Waals surface area contributed by atoms with Crippen LogP contribution in [0, 0.1) is 0 Å². The number of phenolic OH excluding ortho intramolecular Hbond substituents is 1. The second kappa shape index (κ2) is 4.25. The molecule has 1 aromatic carbocycles. The van der Waals surface area contributed by atoms with E-state index >= 15 is 0 Å². The molecule has 0 fully saturated rings. The van der Waals surface area contributed by atoms with E-state index in [2.05, 4.69) is 10.3 Å². The molecule has 5 nitrogen and oxygen atoms in total. The van der Waals surface area contributed by atoms with Crippen LogP contribution in [-0.4, -0.2) is 26.4 Å². The molecule has 94 valence electrons. The molecule has 0 bridgehead atoms. The maximum absolute atomic E-state index is 11.0. The van der Waals surface area contributed by atoms with Gasteiger partial charge in [-0.3, -0.25) is 4.79 Å². The largest absolute Gasteiger partial charge is 0.508 e. The van der Waals surface area contributed by atoms with E-state index in [4.69, 9.17) is 0 Å². The molecule has 0 atom stereocenters. The topological polar surface area (TPSA) is 68.0 Å². The fourth-order valence-corrected chi connectivity index (χ4v) is 1.85. The number of aromatic nitrogens is 3. The van der Waals surface area contributed by atoms with E-state index in [0.717, 1.165) is 11.4 Å². The number of carbonyl (C=O) groups is 1. The standard InChI is InChI=1S/C13H15N3O2/c1-13(2,3)12-11(8-17)14-15-16(12)9-4-6-10(18)7-5-9/h4-8,18H,1-3H3. The first-order valence-electron chi connectivity index (χ1n) is 5.64. The SMILES string of the molecule is CC(C)(C)c1c(C=O)nnn1-c1ccc(O)cc1. The Morgan fingerprint density at radius 2 is 1.83 bits per heavy atom. The van der Waals surface area contributed by atoms with Gasteiger partial charge in [-0.1, -0.05) is 26.0 Å². The van der Waals surface area contributed by atoms with Gasteiger partial charge in [0, 0.05) is 5.41 Å². The number of phenols is 1. The van der Waals surface area contributed by atoms with Gasteiger partial charge in [0.1, 0.15) is 11.4 Å². The molecule has 18 heavy (non-hydrogen) atoms. The minimum atomic E-state index is -0.252. The van der Waals surface area contributed by atoms with Crippen LogP contribution in [0.3, 0.4) is 0 Å². The first-order valence-corrected chi connectivity index (χ1v) is 5.64. The lowest BCUT2D eigenvalue weighted by molar-refractivity contribution is 0.111. The van der Waals surface area contributed by atoms with Gasteiger partial charge in [-0.05, 0) is 24.3 Å². The molecule has 2 aromatic rings. The lowest BCUT2D eigenvalue weighted by Crippen LogP contribution is -2.19. The Morgan fingerprint density at radius 1 is 1.22 bits per heavy atom. The van der Waals surface area contributed by atoms with Gasteiger partial charge < -0.3 is 5.11 Å². The molecule has 1 heterocycles. The number of aromatic hydroxyl groups is 1. The van der Waals surface area contributed by atoms with Crippen molar-refractivity contribution >= 4 is 6.29 Å². The zero-order valence-corrected chi connectivity index (χ0v) is 10.6. The van der Waals surface area contributed by atoms with Crippen LogP contribution in [-0.2, 0) is 5.41 Å². The fourth-order valence-electron chi connectivity index (χ4n) is 1.85. The van der Waals surface area contributed by atoms with Crippen molar-refractivity contribution in [3.63, 3.8) is 0 Å². The molecule has 1 N–H and O–H groups in total. The van der Waals surface area contributed by atoms with Crippen molar-refractivity contribution in [2.75, 3.05) is 0 Å². The molecule has 5 heteroatoms. The van der Waals surface area contributed by atoms with Crippen LogP contribution < -0.4 is 0 Å². The number of rotatable bonds is 2. The van der Waals surface area contributed by atoms with Crippen LogP contribution in [0.5, 0.6) is 5.75 Å². The first kappa shape index (κ1) is 12.3. The molecule has 0 aliphatic carbocycles. The first-order chi connectivity index (χ1) is 8.43. The lowest BCUT2D eigenvalue weighted by Gasteiger charge is -2.20. The summed E-state index contributed by atoms with van der Waals surface area (Å²) in [5.74, 6) is 0.187. The Labute approximate surface area is 105 Å². The van der Waals surface area contributed by atoms with Gasteiger partial charge in [0.15, 0.2) is 6.29 Å². The summed E-state index contributed by atoms with van der Waals surface area (Å²) in [4.78, 5) is 11.0. The molecule has 0 aliphatic heterocycles. The Balaban J connectivity index is 2.61. The number of hydrogen-bond acceptors (Lipinski definition) is 4. The van der Waals surface area contributed by atoms with Crippen LogP contribution >= 0.6 is 0 Å². The minimum Gasteiger partial charge on any atom is -0.508 e. The second-order valence-corrected chi connectivity index (χ2v) is 5.12. The summed E-state index contributed by atoms with van der Waals surface area (Å²) in [6.45, 7) is 5.99. The summed E-state index contributed by atoms with van der Waals surface area (Å²) in [5.41, 5.74) is 1.61. The molecule has 0 aliphatic rings. The van der Waals surface area contributed by atoms with Gasteiger partial charge in [0.2, 0.25) is 0 Å². The van der Waals surface area contributed by atoms with Crippen molar-refractivity contribution in [2.45, 2.75) is 26.2 Å². The second-order valence-electron chi connectivity index (χ2n) is 5.12. The van der Waals surface area contributed by atoms with Crippen molar-refractivity contribution < 1.29 is 9.90 Å². The van der Waals surface area contributed by atoms with Crippen LogP contribution in [0.15, 0.2) is 24.3 Å². The predicted octanol–water partition coefficient (Wildman–Crippen LogP) is 2.08. The lowest BCUT2D eigenvalue weighted by atomic mass is 9.90. The zero-order valence-electron chi connectivity index (χ0n) is 10.6. The minimum absolute atomic E-state index is 0.187. The van der Waals surface area contributed by atoms with Crippen molar-refractivity contribution in [1.29, 1.82) is 0 Å². The summed E-state index contributed by atoms with van der Waals surface area (Å²) in [5, 5.41) is 17.2.